The minimum Gasteiger partial charge on any atom is -0.387 e. The van der Waals surface area contributed by atoms with E-state index >= 15 is 0 Å². The van der Waals surface area contributed by atoms with Crippen molar-refractivity contribution in [3.05, 3.63) is 24.5 Å². The Morgan fingerprint density at radius 1 is 1.43 bits per heavy atom. The van der Waals surface area contributed by atoms with Crippen molar-refractivity contribution in [1.82, 2.24) is 4.98 Å². The maximum Gasteiger partial charge on any atom is 0.0996 e. The molecule has 0 aromatic carbocycles. The van der Waals surface area contributed by atoms with E-state index < -0.39 is 0 Å². The summed E-state index contributed by atoms with van der Waals surface area (Å²) in [6.07, 6.45) is 5.38. The number of amidine groups is 1. The summed E-state index contributed by atoms with van der Waals surface area (Å²) in [7, 11) is 0. The van der Waals surface area contributed by atoms with Gasteiger partial charge in [-0.1, -0.05) is 13.8 Å². The van der Waals surface area contributed by atoms with Crippen molar-refractivity contribution in [2.75, 3.05) is 0 Å². The van der Waals surface area contributed by atoms with Crippen LogP contribution in [0.3, 0.4) is 0 Å². The molecule has 0 unspecified atom stereocenters. The summed E-state index contributed by atoms with van der Waals surface area (Å²) in [6.45, 7) is 4.36. The van der Waals surface area contributed by atoms with E-state index in [4.69, 9.17) is 5.73 Å². The third kappa shape index (κ3) is 4.03. The first-order valence-corrected chi connectivity index (χ1v) is 4.91. The standard InChI is InChI=1S/C11H17N3/c1-9(2)3-4-11(12)14-10-5-7-13-8-6-10/h5-9H,3-4H2,1-2H3,(H2,12,13,14). The summed E-state index contributed by atoms with van der Waals surface area (Å²) in [5.74, 6) is 1.37. The molecule has 0 aliphatic rings. The zero-order chi connectivity index (χ0) is 10.4. The molecule has 0 spiro atoms. The van der Waals surface area contributed by atoms with Crippen LogP contribution in [0.1, 0.15) is 26.7 Å². The molecule has 1 aromatic heterocycles. The van der Waals surface area contributed by atoms with Crippen LogP contribution in [0.25, 0.3) is 0 Å². The van der Waals surface area contributed by atoms with Gasteiger partial charge in [0.2, 0.25) is 0 Å². The van der Waals surface area contributed by atoms with E-state index in [9.17, 15) is 0 Å². The zero-order valence-corrected chi connectivity index (χ0v) is 8.77. The topological polar surface area (TPSA) is 51.3 Å². The van der Waals surface area contributed by atoms with E-state index in [-0.39, 0.29) is 0 Å². The second-order valence-corrected chi connectivity index (χ2v) is 3.74. The van der Waals surface area contributed by atoms with Gasteiger partial charge in [0.15, 0.2) is 0 Å². The smallest absolute Gasteiger partial charge is 0.0996 e. The van der Waals surface area contributed by atoms with Crippen molar-refractivity contribution >= 4 is 11.5 Å². The molecule has 0 radical (unpaired) electrons. The van der Waals surface area contributed by atoms with Crippen LogP contribution in [-0.2, 0) is 0 Å². The molecule has 0 aliphatic carbocycles. The van der Waals surface area contributed by atoms with Crippen molar-refractivity contribution in [2.45, 2.75) is 26.7 Å². The highest BCUT2D eigenvalue weighted by atomic mass is 14.9. The van der Waals surface area contributed by atoms with Crippen LogP contribution in [0.15, 0.2) is 29.5 Å². The summed E-state index contributed by atoms with van der Waals surface area (Å²) < 4.78 is 0. The fraction of sp³-hybridized carbons (Fsp3) is 0.455. The number of nitrogens with two attached hydrogens (primary N) is 1. The largest absolute Gasteiger partial charge is 0.387 e. The fourth-order valence-corrected chi connectivity index (χ4v) is 1.08. The molecule has 1 rings (SSSR count). The van der Waals surface area contributed by atoms with Gasteiger partial charge in [0, 0.05) is 18.8 Å². The highest BCUT2D eigenvalue weighted by Crippen LogP contribution is 2.10. The highest BCUT2D eigenvalue weighted by Gasteiger charge is 1.97. The predicted octanol–water partition coefficient (Wildman–Crippen LogP) is 2.51. The number of rotatable bonds is 4. The second-order valence-electron chi connectivity index (χ2n) is 3.74. The summed E-state index contributed by atoms with van der Waals surface area (Å²) in [5, 5.41) is 0. The zero-order valence-electron chi connectivity index (χ0n) is 8.77. The van der Waals surface area contributed by atoms with Crippen LogP contribution in [0, 0.1) is 5.92 Å². The number of hydrogen-bond acceptors (Lipinski definition) is 2. The number of pyridine rings is 1. The van der Waals surface area contributed by atoms with E-state index in [1.54, 1.807) is 12.4 Å². The van der Waals surface area contributed by atoms with E-state index in [0.29, 0.717) is 11.8 Å². The van der Waals surface area contributed by atoms with Crippen LogP contribution < -0.4 is 5.73 Å². The Balaban J connectivity index is 2.52. The molecule has 2 N–H and O–H groups in total. The van der Waals surface area contributed by atoms with Gasteiger partial charge in [0.25, 0.3) is 0 Å². The molecule has 76 valence electrons. The normalized spacial score (nSPS) is 12.1. The van der Waals surface area contributed by atoms with Gasteiger partial charge < -0.3 is 5.73 Å². The maximum atomic E-state index is 5.78. The van der Waals surface area contributed by atoms with Crippen LogP contribution >= 0.6 is 0 Å². The molecule has 0 fully saturated rings. The lowest BCUT2D eigenvalue weighted by atomic mass is 10.1. The van der Waals surface area contributed by atoms with Crippen molar-refractivity contribution < 1.29 is 0 Å². The SMILES string of the molecule is CC(C)CCC(N)=Nc1ccncc1. The molecule has 0 atom stereocenters. The summed E-state index contributed by atoms with van der Waals surface area (Å²) in [4.78, 5) is 8.20. The van der Waals surface area contributed by atoms with E-state index in [2.05, 4.69) is 23.8 Å². The van der Waals surface area contributed by atoms with Gasteiger partial charge in [0.05, 0.1) is 11.5 Å². The second kappa shape index (κ2) is 5.37. The number of aliphatic imine (C=N–C) groups is 1. The molecule has 0 aliphatic heterocycles. The third-order valence-corrected chi connectivity index (χ3v) is 1.91. The van der Waals surface area contributed by atoms with Gasteiger partial charge in [-0.25, -0.2) is 4.99 Å². The monoisotopic (exact) mass is 191 g/mol. The number of hydrogen-bond donors (Lipinski definition) is 1. The summed E-state index contributed by atoms with van der Waals surface area (Å²) >= 11 is 0. The van der Waals surface area contributed by atoms with Crippen molar-refractivity contribution in [1.29, 1.82) is 0 Å². The van der Waals surface area contributed by atoms with Crippen LogP contribution in [0.5, 0.6) is 0 Å². The minimum atomic E-state index is 0.668. The lowest BCUT2D eigenvalue weighted by molar-refractivity contribution is 0.602. The van der Waals surface area contributed by atoms with Crippen LogP contribution in [0.2, 0.25) is 0 Å². The number of nitrogens with zero attached hydrogens (tertiary/aromatic N) is 2. The number of aromatic nitrogens is 1. The van der Waals surface area contributed by atoms with Gasteiger partial charge in [-0.2, -0.15) is 0 Å². The molecule has 0 amide bonds. The minimum absolute atomic E-state index is 0.668. The van der Waals surface area contributed by atoms with E-state index in [0.717, 1.165) is 18.5 Å². The van der Waals surface area contributed by atoms with Gasteiger partial charge in [0.1, 0.15) is 0 Å². The van der Waals surface area contributed by atoms with Crippen molar-refractivity contribution in [3.8, 4) is 0 Å². The van der Waals surface area contributed by atoms with Gasteiger partial charge in [-0.05, 0) is 24.5 Å². The molecule has 3 nitrogen and oxygen atoms in total. The van der Waals surface area contributed by atoms with Gasteiger partial charge in [-0.15, -0.1) is 0 Å². The van der Waals surface area contributed by atoms with Crippen molar-refractivity contribution in [3.63, 3.8) is 0 Å². The fourth-order valence-electron chi connectivity index (χ4n) is 1.08. The van der Waals surface area contributed by atoms with E-state index in [1.807, 2.05) is 12.1 Å². The quantitative estimate of drug-likeness (QED) is 0.587. The Kier molecular flexibility index (Phi) is 4.11. The summed E-state index contributed by atoms with van der Waals surface area (Å²) in [5.41, 5.74) is 6.66. The first-order chi connectivity index (χ1) is 6.68. The summed E-state index contributed by atoms with van der Waals surface area (Å²) in [6, 6.07) is 3.70. The Morgan fingerprint density at radius 2 is 2.07 bits per heavy atom. The molecule has 1 heterocycles. The highest BCUT2D eigenvalue weighted by molar-refractivity contribution is 5.82. The molecule has 0 saturated carbocycles. The first kappa shape index (κ1) is 10.7. The Bertz CT molecular complexity index is 291. The van der Waals surface area contributed by atoms with Gasteiger partial charge in [-0.3, -0.25) is 4.98 Å². The van der Waals surface area contributed by atoms with Crippen LogP contribution in [0.4, 0.5) is 5.69 Å². The molecule has 1 aromatic rings. The van der Waals surface area contributed by atoms with Crippen molar-refractivity contribution in [2.24, 2.45) is 16.6 Å². The lowest BCUT2D eigenvalue weighted by Crippen LogP contribution is -2.11. The predicted molar refractivity (Wildman–Crippen MR) is 59.6 cm³/mol. The third-order valence-electron chi connectivity index (χ3n) is 1.91. The molecular formula is C11H17N3. The Hall–Kier alpha value is -1.38. The maximum absolute atomic E-state index is 5.78. The lowest BCUT2D eigenvalue weighted by Gasteiger charge is -2.03. The molecule has 0 saturated heterocycles. The average molecular weight is 191 g/mol. The molecule has 14 heavy (non-hydrogen) atoms. The molecule has 3 heteroatoms. The molecule has 0 bridgehead atoms. The Morgan fingerprint density at radius 3 is 2.64 bits per heavy atom. The molecular weight excluding hydrogens is 174 g/mol. The van der Waals surface area contributed by atoms with Crippen LogP contribution in [-0.4, -0.2) is 10.8 Å². The Labute approximate surface area is 85.1 Å². The van der Waals surface area contributed by atoms with E-state index in [1.165, 1.54) is 0 Å². The van der Waals surface area contributed by atoms with Gasteiger partial charge >= 0.3 is 0 Å². The average Bonchev–Trinajstić information content (AvgIpc) is 2.16. The first-order valence-electron chi connectivity index (χ1n) is 4.91.